The van der Waals surface area contributed by atoms with E-state index in [-0.39, 0.29) is 0 Å². The highest BCUT2D eigenvalue weighted by Crippen LogP contribution is 2.31. The van der Waals surface area contributed by atoms with Crippen molar-refractivity contribution in [3.8, 4) is 11.4 Å². The maximum Gasteiger partial charge on any atom is 0.162 e. The molecule has 0 saturated heterocycles. The molecule has 21 heavy (non-hydrogen) atoms. The van der Waals surface area contributed by atoms with Crippen LogP contribution in [0.3, 0.4) is 0 Å². The van der Waals surface area contributed by atoms with Crippen molar-refractivity contribution in [2.45, 2.75) is 40.5 Å². The van der Waals surface area contributed by atoms with Gasteiger partial charge in [0.25, 0.3) is 0 Å². The molecule has 0 aliphatic carbocycles. The smallest absolute Gasteiger partial charge is 0.162 e. The topological polar surface area (TPSA) is 37.8 Å². The number of aryl methyl sites for hydroxylation is 4. The van der Waals surface area contributed by atoms with Crippen LogP contribution in [0, 0.1) is 20.8 Å². The molecule has 0 bridgehead atoms. The number of aromatic nitrogens is 2. The first kappa shape index (κ1) is 16.0. The Bertz CT molecular complexity index is 642. The number of benzene rings is 1. The van der Waals surface area contributed by atoms with Crippen LogP contribution in [0.4, 0.5) is 5.82 Å². The van der Waals surface area contributed by atoms with Crippen LogP contribution in [0.15, 0.2) is 16.6 Å². The van der Waals surface area contributed by atoms with E-state index in [0.717, 1.165) is 40.2 Å². The van der Waals surface area contributed by atoms with Gasteiger partial charge in [-0.3, -0.25) is 0 Å². The van der Waals surface area contributed by atoms with Crippen LogP contribution >= 0.6 is 15.9 Å². The van der Waals surface area contributed by atoms with Gasteiger partial charge in [0.1, 0.15) is 5.82 Å². The minimum atomic E-state index is 0.806. The lowest BCUT2D eigenvalue weighted by atomic mass is 9.99. The normalized spacial score (nSPS) is 10.8. The molecule has 0 fully saturated rings. The zero-order chi connectivity index (χ0) is 15.6. The quantitative estimate of drug-likeness (QED) is 0.860. The van der Waals surface area contributed by atoms with Gasteiger partial charge in [0.2, 0.25) is 0 Å². The fourth-order valence-corrected chi connectivity index (χ4v) is 3.28. The van der Waals surface area contributed by atoms with Crippen molar-refractivity contribution >= 4 is 21.7 Å². The third kappa shape index (κ3) is 3.26. The van der Waals surface area contributed by atoms with Crippen LogP contribution < -0.4 is 5.32 Å². The number of rotatable bonds is 4. The Morgan fingerprint density at radius 3 is 2.24 bits per heavy atom. The van der Waals surface area contributed by atoms with E-state index in [9.17, 15) is 0 Å². The second-order valence-electron chi connectivity index (χ2n) is 5.43. The van der Waals surface area contributed by atoms with E-state index in [2.05, 4.69) is 66.1 Å². The third-order valence-electron chi connectivity index (χ3n) is 3.54. The van der Waals surface area contributed by atoms with Gasteiger partial charge in [-0.2, -0.15) is 0 Å². The minimum absolute atomic E-state index is 0.806. The lowest BCUT2D eigenvalue weighted by Crippen LogP contribution is -2.05. The molecule has 0 spiro atoms. The predicted octanol–water partition coefficient (Wildman–Crippen LogP) is 4.83. The summed E-state index contributed by atoms with van der Waals surface area (Å²) in [5, 5.41) is 3.16. The Labute approximate surface area is 135 Å². The second-order valence-corrected chi connectivity index (χ2v) is 6.22. The van der Waals surface area contributed by atoms with Gasteiger partial charge in [0.05, 0.1) is 10.2 Å². The SMILES string of the molecule is CCCc1nc(-c2c(C)cc(C)cc2C)nc(NC)c1Br. The van der Waals surface area contributed by atoms with Crippen molar-refractivity contribution in [1.29, 1.82) is 0 Å². The van der Waals surface area contributed by atoms with Crippen LogP contribution in [-0.2, 0) is 6.42 Å². The molecule has 1 aromatic heterocycles. The molecule has 0 aliphatic heterocycles. The summed E-state index contributed by atoms with van der Waals surface area (Å²) in [6, 6.07) is 4.37. The van der Waals surface area contributed by atoms with E-state index in [1.807, 2.05) is 7.05 Å². The van der Waals surface area contributed by atoms with E-state index in [4.69, 9.17) is 4.98 Å². The highest BCUT2D eigenvalue weighted by atomic mass is 79.9. The number of hydrogen-bond acceptors (Lipinski definition) is 3. The molecule has 0 amide bonds. The molecule has 1 heterocycles. The second kappa shape index (κ2) is 6.56. The Morgan fingerprint density at radius 1 is 1.10 bits per heavy atom. The molecular formula is C17H22BrN3. The van der Waals surface area contributed by atoms with Crippen molar-refractivity contribution in [2.75, 3.05) is 12.4 Å². The van der Waals surface area contributed by atoms with Crippen LogP contribution in [0.1, 0.15) is 35.7 Å². The largest absolute Gasteiger partial charge is 0.372 e. The molecule has 2 aromatic rings. The lowest BCUT2D eigenvalue weighted by molar-refractivity contribution is 0.868. The number of halogens is 1. The Morgan fingerprint density at radius 2 is 1.71 bits per heavy atom. The summed E-state index contributed by atoms with van der Waals surface area (Å²) in [6.07, 6.45) is 2.00. The molecular weight excluding hydrogens is 326 g/mol. The standard InChI is InChI=1S/C17H22BrN3/c1-6-7-13-15(18)17(19-5)21-16(20-13)14-11(3)8-10(2)9-12(14)4/h8-9H,6-7H2,1-5H3,(H,19,20,21). The van der Waals surface area contributed by atoms with E-state index < -0.39 is 0 Å². The summed E-state index contributed by atoms with van der Waals surface area (Å²) < 4.78 is 0.970. The zero-order valence-electron chi connectivity index (χ0n) is 13.3. The van der Waals surface area contributed by atoms with Crippen LogP contribution in [0.2, 0.25) is 0 Å². The first-order chi connectivity index (χ1) is 9.97. The summed E-state index contributed by atoms with van der Waals surface area (Å²) in [4.78, 5) is 9.48. The van der Waals surface area contributed by atoms with Gasteiger partial charge >= 0.3 is 0 Å². The van der Waals surface area contributed by atoms with E-state index in [1.165, 1.54) is 16.7 Å². The summed E-state index contributed by atoms with van der Waals surface area (Å²) in [5.41, 5.74) is 5.92. The summed E-state index contributed by atoms with van der Waals surface area (Å²) >= 11 is 3.61. The number of nitrogens with one attached hydrogen (secondary N) is 1. The van der Waals surface area contributed by atoms with Gasteiger partial charge in [-0.1, -0.05) is 31.0 Å². The minimum Gasteiger partial charge on any atom is -0.372 e. The van der Waals surface area contributed by atoms with E-state index in [0.29, 0.717) is 0 Å². The number of anilines is 1. The predicted molar refractivity (Wildman–Crippen MR) is 92.9 cm³/mol. The van der Waals surface area contributed by atoms with Gasteiger partial charge in [0.15, 0.2) is 5.82 Å². The summed E-state index contributed by atoms with van der Waals surface area (Å²) in [6.45, 7) is 8.53. The molecule has 0 unspecified atom stereocenters. The average molecular weight is 348 g/mol. The van der Waals surface area contributed by atoms with Gasteiger partial charge in [-0.15, -0.1) is 0 Å². The first-order valence-corrected chi connectivity index (χ1v) is 8.09. The van der Waals surface area contributed by atoms with Gasteiger partial charge in [0, 0.05) is 12.6 Å². The van der Waals surface area contributed by atoms with Crippen LogP contribution in [-0.4, -0.2) is 17.0 Å². The number of nitrogens with zero attached hydrogens (tertiary/aromatic N) is 2. The molecule has 4 heteroatoms. The van der Waals surface area contributed by atoms with E-state index in [1.54, 1.807) is 0 Å². The summed E-state index contributed by atoms with van der Waals surface area (Å²) in [5.74, 6) is 1.66. The molecule has 0 aliphatic rings. The van der Waals surface area contributed by atoms with Crippen LogP contribution in [0.25, 0.3) is 11.4 Å². The lowest BCUT2D eigenvalue weighted by Gasteiger charge is -2.14. The fraction of sp³-hybridized carbons (Fsp3) is 0.412. The van der Waals surface area contributed by atoms with Crippen molar-refractivity contribution in [3.05, 3.63) is 39.0 Å². The van der Waals surface area contributed by atoms with Crippen LogP contribution in [0.5, 0.6) is 0 Å². The molecule has 0 radical (unpaired) electrons. The van der Waals surface area contributed by atoms with Crippen molar-refractivity contribution in [1.82, 2.24) is 9.97 Å². The van der Waals surface area contributed by atoms with Gasteiger partial charge in [-0.25, -0.2) is 9.97 Å². The molecule has 0 atom stereocenters. The van der Waals surface area contributed by atoms with E-state index >= 15 is 0 Å². The monoisotopic (exact) mass is 347 g/mol. The third-order valence-corrected chi connectivity index (χ3v) is 4.38. The highest BCUT2D eigenvalue weighted by Gasteiger charge is 2.15. The average Bonchev–Trinajstić information content (AvgIpc) is 2.41. The molecule has 0 saturated carbocycles. The van der Waals surface area contributed by atoms with Gasteiger partial charge < -0.3 is 5.32 Å². The molecule has 1 N–H and O–H groups in total. The van der Waals surface area contributed by atoms with Crippen molar-refractivity contribution in [3.63, 3.8) is 0 Å². The molecule has 1 aromatic carbocycles. The first-order valence-electron chi connectivity index (χ1n) is 7.30. The fourth-order valence-electron chi connectivity index (χ4n) is 2.71. The molecule has 2 rings (SSSR count). The van der Waals surface area contributed by atoms with Crippen molar-refractivity contribution in [2.24, 2.45) is 0 Å². The maximum absolute atomic E-state index is 4.79. The maximum atomic E-state index is 4.79. The van der Waals surface area contributed by atoms with Gasteiger partial charge in [-0.05, 0) is 54.2 Å². The molecule has 112 valence electrons. The zero-order valence-corrected chi connectivity index (χ0v) is 14.9. The Kier molecular flexibility index (Phi) is 4.99. The summed E-state index contributed by atoms with van der Waals surface area (Å²) in [7, 11) is 1.89. The highest BCUT2D eigenvalue weighted by molar-refractivity contribution is 9.10. The van der Waals surface area contributed by atoms with Crippen molar-refractivity contribution < 1.29 is 0 Å². The Hall–Kier alpha value is -1.42. The molecule has 3 nitrogen and oxygen atoms in total. The number of hydrogen-bond donors (Lipinski definition) is 1. The Balaban J connectivity index is 2.67.